The SMILES string of the molecule is CC1CC1c1ccc(/C=C/C(=O)NCCc2ccccn2)o1. The molecular weight excluding hydrogens is 276 g/mol. The summed E-state index contributed by atoms with van der Waals surface area (Å²) in [5.74, 6) is 2.93. The first-order valence-corrected chi connectivity index (χ1v) is 7.68. The number of amides is 1. The summed E-state index contributed by atoms with van der Waals surface area (Å²) in [4.78, 5) is 16.0. The van der Waals surface area contributed by atoms with E-state index in [1.165, 1.54) is 12.5 Å². The first kappa shape index (κ1) is 14.6. The van der Waals surface area contributed by atoms with E-state index in [1.807, 2.05) is 30.3 Å². The molecule has 2 atom stereocenters. The van der Waals surface area contributed by atoms with Crippen LogP contribution in [0.4, 0.5) is 0 Å². The van der Waals surface area contributed by atoms with Gasteiger partial charge < -0.3 is 9.73 Å². The van der Waals surface area contributed by atoms with Crippen LogP contribution >= 0.6 is 0 Å². The van der Waals surface area contributed by atoms with E-state index in [-0.39, 0.29) is 5.91 Å². The average Bonchev–Trinajstić information content (AvgIpc) is 3.08. The molecule has 1 aliphatic carbocycles. The van der Waals surface area contributed by atoms with Gasteiger partial charge in [-0.15, -0.1) is 0 Å². The van der Waals surface area contributed by atoms with Crippen molar-refractivity contribution in [2.75, 3.05) is 6.54 Å². The van der Waals surface area contributed by atoms with Crippen molar-refractivity contribution in [3.8, 4) is 0 Å². The van der Waals surface area contributed by atoms with Gasteiger partial charge in [0.15, 0.2) is 0 Å². The first-order valence-electron chi connectivity index (χ1n) is 7.68. The molecule has 0 radical (unpaired) electrons. The molecule has 4 heteroatoms. The third-order valence-electron chi connectivity index (χ3n) is 3.93. The lowest BCUT2D eigenvalue weighted by molar-refractivity contribution is -0.116. The van der Waals surface area contributed by atoms with E-state index in [0.717, 1.165) is 29.6 Å². The van der Waals surface area contributed by atoms with Crippen LogP contribution in [-0.2, 0) is 11.2 Å². The van der Waals surface area contributed by atoms with Crippen LogP contribution < -0.4 is 5.32 Å². The van der Waals surface area contributed by atoms with Crippen molar-refractivity contribution in [3.05, 3.63) is 59.8 Å². The number of pyridine rings is 1. The van der Waals surface area contributed by atoms with Gasteiger partial charge in [-0.2, -0.15) is 0 Å². The van der Waals surface area contributed by atoms with Crippen molar-refractivity contribution < 1.29 is 9.21 Å². The Hall–Kier alpha value is -2.36. The van der Waals surface area contributed by atoms with E-state index in [9.17, 15) is 4.79 Å². The lowest BCUT2D eigenvalue weighted by atomic mass is 10.2. The lowest BCUT2D eigenvalue weighted by Gasteiger charge is -2.01. The lowest BCUT2D eigenvalue weighted by Crippen LogP contribution is -2.23. The average molecular weight is 296 g/mol. The van der Waals surface area contributed by atoms with Gasteiger partial charge in [0.05, 0.1) is 0 Å². The van der Waals surface area contributed by atoms with Crippen molar-refractivity contribution in [1.29, 1.82) is 0 Å². The summed E-state index contributed by atoms with van der Waals surface area (Å²) in [5.41, 5.74) is 0.973. The number of furan rings is 1. The minimum absolute atomic E-state index is 0.117. The zero-order valence-electron chi connectivity index (χ0n) is 12.7. The minimum Gasteiger partial charge on any atom is -0.461 e. The topological polar surface area (TPSA) is 55.1 Å². The molecule has 0 spiro atoms. The van der Waals surface area contributed by atoms with Gasteiger partial charge in [0, 0.05) is 36.9 Å². The van der Waals surface area contributed by atoms with Crippen molar-refractivity contribution in [1.82, 2.24) is 10.3 Å². The van der Waals surface area contributed by atoms with E-state index >= 15 is 0 Å². The van der Waals surface area contributed by atoms with E-state index in [1.54, 1.807) is 12.3 Å². The summed E-state index contributed by atoms with van der Waals surface area (Å²) in [6, 6.07) is 9.69. The van der Waals surface area contributed by atoms with Gasteiger partial charge in [-0.3, -0.25) is 9.78 Å². The maximum absolute atomic E-state index is 11.8. The number of aromatic nitrogens is 1. The summed E-state index contributed by atoms with van der Waals surface area (Å²) in [7, 11) is 0. The van der Waals surface area contributed by atoms with Crippen molar-refractivity contribution >= 4 is 12.0 Å². The Morgan fingerprint density at radius 1 is 1.41 bits per heavy atom. The molecular formula is C18H20N2O2. The van der Waals surface area contributed by atoms with E-state index in [4.69, 9.17) is 4.42 Å². The number of carbonyl (C=O) groups excluding carboxylic acids is 1. The second-order valence-electron chi connectivity index (χ2n) is 5.76. The fourth-order valence-corrected chi connectivity index (χ4v) is 2.45. The number of nitrogens with one attached hydrogen (secondary N) is 1. The number of hydrogen-bond donors (Lipinski definition) is 1. The van der Waals surface area contributed by atoms with E-state index in [0.29, 0.717) is 12.5 Å². The molecule has 22 heavy (non-hydrogen) atoms. The fourth-order valence-electron chi connectivity index (χ4n) is 2.45. The second-order valence-corrected chi connectivity index (χ2v) is 5.76. The molecule has 0 aromatic carbocycles. The van der Waals surface area contributed by atoms with Gasteiger partial charge in [-0.05, 0) is 42.7 Å². The third-order valence-corrected chi connectivity index (χ3v) is 3.93. The van der Waals surface area contributed by atoms with Crippen LogP contribution in [0.2, 0.25) is 0 Å². The summed E-state index contributed by atoms with van der Waals surface area (Å²) in [6.07, 6.45) is 6.91. The fraction of sp³-hybridized carbons (Fsp3) is 0.333. The quantitative estimate of drug-likeness (QED) is 0.833. The molecule has 3 rings (SSSR count). The van der Waals surface area contributed by atoms with Crippen LogP contribution in [0.1, 0.15) is 36.5 Å². The van der Waals surface area contributed by atoms with Gasteiger partial charge in [0.2, 0.25) is 5.91 Å². The van der Waals surface area contributed by atoms with Gasteiger partial charge in [-0.1, -0.05) is 13.0 Å². The predicted octanol–water partition coefficient (Wildman–Crippen LogP) is 3.17. The first-order chi connectivity index (χ1) is 10.7. The van der Waals surface area contributed by atoms with Crippen molar-refractivity contribution in [2.45, 2.75) is 25.7 Å². The maximum atomic E-state index is 11.8. The second kappa shape index (κ2) is 6.60. The highest BCUT2D eigenvalue weighted by Crippen LogP contribution is 2.47. The Morgan fingerprint density at radius 3 is 3.00 bits per heavy atom. The molecule has 2 heterocycles. The highest BCUT2D eigenvalue weighted by molar-refractivity contribution is 5.91. The van der Waals surface area contributed by atoms with E-state index in [2.05, 4.69) is 17.2 Å². The van der Waals surface area contributed by atoms with Crippen LogP contribution in [0, 0.1) is 5.92 Å². The van der Waals surface area contributed by atoms with Gasteiger partial charge in [0.25, 0.3) is 0 Å². The molecule has 1 saturated carbocycles. The normalized spacial score (nSPS) is 20.2. The maximum Gasteiger partial charge on any atom is 0.244 e. The van der Waals surface area contributed by atoms with Gasteiger partial charge in [-0.25, -0.2) is 0 Å². The number of nitrogens with zero attached hydrogens (tertiary/aromatic N) is 1. The molecule has 1 fully saturated rings. The smallest absolute Gasteiger partial charge is 0.244 e. The number of carbonyl (C=O) groups is 1. The minimum atomic E-state index is -0.117. The predicted molar refractivity (Wildman–Crippen MR) is 85.2 cm³/mol. The van der Waals surface area contributed by atoms with Crippen LogP contribution in [0.5, 0.6) is 0 Å². The monoisotopic (exact) mass is 296 g/mol. The number of hydrogen-bond acceptors (Lipinski definition) is 3. The van der Waals surface area contributed by atoms with Gasteiger partial charge in [0.1, 0.15) is 11.5 Å². The third kappa shape index (κ3) is 3.85. The largest absolute Gasteiger partial charge is 0.461 e. The van der Waals surface area contributed by atoms with Crippen LogP contribution in [-0.4, -0.2) is 17.4 Å². The number of rotatable bonds is 6. The molecule has 2 aromatic heterocycles. The summed E-state index contributed by atoms with van der Waals surface area (Å²) in [5, 5.41) is 2.84. The molecule has 0 saturated heterocycles. The molecule has 1 aliphatic rings. The highest BCUT2D eigenvalue weighted by Gasteiger charge is 2.36. The summed E-state index contributed by atoms with van der Waals surface area (Å²) >= 11 is 0. The Labute approximate surface area is 130 Å². The van der Waals surface area contributed by atoms with Gasteiger partial charge >= 0.3 is 0 Å². The van der Waals surface area contributed by atoms with Crippen LogP contribution in [0.3, 0.4) is 0 Å². The Morgan fingerprint density at radius 2 is 2.27 bits per heavy atom. The Balaban J connectivity index is 1.44. The zero-order chi connectivity index (χ0) is 15.4. The van der Waals surface area contributed by atoms with Crippen LogP contribution in [0.25, 0.3) is 6.08 Å². The highest BCUT2D eigenvalue weighted by atomic mass is 16.3. The van der Waals surface area contributed by atoms with Crippen LogP contribution in [0.15, 0.2) is 47.0 Å². The molecule has 114 valence electrons. The Bertz CT molecular complexity index is 661. The van der Waals surface area contributed by atoms with Crippen molar-refractivity contribution in [3.63, 3.8) is 0 Å². The molecule has 2 unspecified atom stereocenters. The molecule has 1 N–H and O–H groups in total. The van der Waals surface area contributed by atoms with E-state index < -0.39 is 0 Å². The Kier molecular flexibility index (Phi) is 4.37. The van der Waals surface area contributed by atoms with Crippen molar-refractivity contribution in [2.24, 2.45) is 5.92 Å². The molecule has 0 aliphatic heterocycles. The molecule has 4 nitrogen and oxygen atoms in total. The standard InChI is InChI=1S/C18H20N2O2/c1-13-12-16(13)17-7-5-15(22-17)6-8-18(21)20-11-9-14-4-2-3-10-19-14/h2-8,10,13,16H,9,11-12H2,1H3,(H,20,21)/b8-6+. The summed E-state index contributed by atoms with van der Waals surface area (Å²) in [6.45, 7) is 2.79. The zero-order valence-corrected chi connectivity index (χ0v) is 12.7. The molecule has 0 bridgehead atoms. The summed E-state index contributed by atoms with van der Waals surface area (Å²) < 4.78 is 5.73. The molecule has 1 amide bonds. The molecule has 2 aromatic rings.